The number of nitrogens with zero attached hydrogens (tertiary/aromatic N) is 2. The van der Waals surface area contributed by atoms with Crippen molar-refractivity contribution in [1.29, 1.82) is 0 Å². The number of ether oxygens (including phenoxy) is 1. The van der Waals surface area contributed by atoms with Crippen LogP contribution in [0.1, 0.15) is 37.9 Å². The van der Waals surface area contributed by atoms with Crippen LogP contribution in [0.4, 0.5) is 5.95 Å². The summed E-state index contributed by atoms with van der Waals surface area (Å²) in [6.07, 6.45) is 1.57. The van der Waals surface area contributed by atoms with Crippen LogP contribution in [0.15, 0.2) is 40.2 Å². The van der Waals surface area contributed by atoms with Gasteiger partial charge in [0.05, 0.1) is 11.9 Å². The number of carbonyl (C=O) groups excluding carboxylic acids is 1. The molecule has 0 unspecified atom stereocenters. The molecule has 7 heteroatoms. The van der Waals surface area contributed by atoms with E-state index in [1.807, 2.05) is 13.8 Å². The molecule has 1 aromatic heterocycles. The summed E-state index contributed by atoms with van der Waals surface area (Å²) in [5.74, 6) is 0.538. The molecular weight excluding hydrogens is 296 g/mol. The molecule has 120 valence electrons. The Labute approximate surface area is 133 Å². The molecule has 7 nitrogen and oxygen atoms in total. The zero-order valence-electron chi connectivity index (χ0n) is 13.2. The molecule has 0 aliphatic rings. The van der Waals surface area contributed by atoms with E-state index < -0.39 is 0 Å². The minimum absolute atomic E-state index is 0.149. The number of rotatable bonds is 5. The Kier molecular flexibility index (Phi) is 5.24. The molecule has 0 aliphatic carbocycles. The fraction of sp³-hybridized carbons (Fsp3) is 0.250. The summed E-state index contributed by atoms with van der Waals surface area (Å²) in [7, 11) is 0. The summed E-state index contributed by atoms with van der Waals surface area (Å²) in [6.45, 7) is 5.26. The number of esters is 1. The molecule has 1 heterocycles. The van der Waals surface area contributed by atoms with Gasteiger partial charge in [0.15, 0.2) is 0 Å². The highest BCUT2D eigenvalue weighted by molar-refractivity contribution is 5.80. The van der Waals surface area contributed by atoms with Crippen LogP contribution in [0.3, 0.4) is 0 Å². The monoisotopic (exact) mass is 314 g/mol. The van der Waals surface area contributed by atoms with E-state index in [9.17, 15) is 9.59 Å². The van der Waals surface area contributed by atoms with Crippen LogP contribution in [-0.2, 0) is 4.79 Å². The SMILES string of the molecule is CC(=O)Oc1ccc(/C=N\Nc2nc(C(C)C)cc(=O)[nH]2)cc1. The highest BCUT2D eigenvalue weighted by atomic mass is 16.5. The summed E-state index contributed by atoms with van der Waals surface area (Å²) >= 11 is 0. The standard InChI is InChI=1S/C16H18N4O3/c1-10(2)14-8-15(22)19-16(18-14)20-17-9-12-4-6-13(7-5-12)23-11(3)21/h4-10H,1-3H3,(H2,18,19,20,22)/b17-9-. The number of aromatic nitrogens is 2. The number of aromatic amines is 1. The Balaban J connectivity index is 2.04. The molecule has 0 atom stereocenters. The third kappa shape index (κ3) is 5.06. The van der Waals surface area contributed by atoms with Crippen LogP contribution in [0, 0.1) is 0 Å². The van der Waals surface area contributed by atoms with Gasteiger partial charge in [-0.25, -0.2) is 10.4 Å². The second-order valence-electron chi connectivity index (χ2n) is 5.21. The number of anilines is 1. The minimum Gasteiger partial charge on any atom is -0.427 e. The summed E-state index contributed by atoms with van der Waals surface area (Å²) in [5.41, 5.74) is 3.96. The Morgan fingerprint density at radius 1 is 1.35 bits per heavy atom. The lowest BCUT2D eigenvalue weighted by atomic mass is 10.1. The van der Waals surface area contributed by atoms with Crippen molar-refractivity contribution in [2.24, 2.45) is 5.10 Å². The zero-order valence-corrected chi connectivity index (χ0v) is 13.2. The third-order valence-electron chi connectivity index (χ3n) is 2.88. The lowest BCUT2D eigenvalue weighted by Gasteiger charge is -2.05. The van der Waals surface area contributed by atoms with E-state index in [1.54, 1.807) is 30.5 Å². The van der Waals surface area contributed by atoms with Crippen LogP contribution in [0.5, 0.6) is 5.75 Å². The Hall–Kier alpha value is -2.96. The molecule has 1 aromatic carbocycles. The van der Waals surface area contributed by atoms with Crippen LogP contribution in [0.2, 0.25) is 0 Å². The Bertz CT molecular complexity index is 764. The number of hydrogen-bond donors (Lipinski definition) is 2. The van der Waals surface area contributed by atoms with Crippen LogP contribution >= 0.6 is 0 Å². The maximum Gasteiger partial charge on any atom is 0.308 e. The van der Waals surface area contributed by atoms with E-state index in [-0.39, 0.29) is 23.4 Å². The molecule has 0 spiro atoms. The number of hydrogen-bond acceptors (Lipinski definition) is 6. The van der Waals surface area contributed by atoms with Gasteiger partial charge in [0.1, 0.15) is 5.75 Å². The maximum atomic E-state index is 11.5. The van der Waals surface area contributed by atoms with E-state index in [0.29, 0.717) is 11.4 Å². The van der Waals surface area contributed by atoms with E-state index in [4.69, 9.17) is 4.74 Å². The second-order valence-corrected chi connectivity index (χ2v) is 5.21. The molecule has 0 aliphatic heterocycles. The molecule has 0 bridgehead atoms. The fourth-order valence-corrected chi connectivity index (χ4v) is 1.78. The van der Waals surface area contributed by atoms with Gasteiger partial charge in [0.2, 0.25) is 5.95 Å². The smallest absolute Gasteiger partial charge is 0.308 e. The van der Waals surface area contributed by atoms with E-state index in [2.05, 4.69) is 20.5 Å². The summed E-state index contributed by atoms with van der Waals surface area (Å²) in [5, 5.41) is 4.03. The average Bonchev–Trinajstić information content (AvgIpc) is 2.48. The van der Waals surface area contributed by atoms with Crippen LogP contribution in [-0.4, -0.2) is 22.2 Å². The van der Waals surface area contributed by atoms with Gasteiger partial charge in [0, 0.05) is 13.0 Å². The molecule has 0 fully saturated rings. The average molecular weight is 314 g/mol. The number of carbonyl (C=O) groups is 1. The van der Waals surface area contributed by atoms with Gasteiger partial charge in [-0.05, 0) is 35.7 Å². The van der Waals surface area contributed by atoms with Gasteiger partial charge in [-0.1, -0.05) is 13.8 Å². The largest absolute Gasteiger partial charge is 0.427 e. The summed E-state index contributed by atoms with van der Waals surface area (Å²) in [4.78, 5) is 29.2. The first kappa shape index (κ1) is 16.4. The summed E-state index contributed by atoms with van der Waals surface area (Å²) < 4.78 is 4.94. The van der Waals surface area contributed by atoms with Gasteiger partial charge in [-0.15, -0.1) is 0 Å². The van der Waals surface area contributed by atoms with Gasteiger partial charge < -0.3 is 4.74 Å². The van der Waals surface area contributed by atoms with E-state index in [1.165, 1.54) is 13.0 Å². The second kappa shape index (κ2) is 7.35. The van der Waals surface area contributed by atoms with Crippen molar-refractivity contribution >= 4 is 18.1 Å². The molecule has 0 amide bonds. The molecule has 2 aromatic rings. The molecule has 0 saturated carbocycles. The molecule has 2 N–H and O–H groups in total. The first-order chi connectivity index (χ1) is 10.9. The Morgan fingerprint density at radius 3 is 2.65 bits per heavy atom. The number of benzene rings is 1. The number of nitrogens with one attached hydrogen (secondary N) is 2. The molecule has 0 radical (unpaired) electrons. The van der Waals surface area contributed by atoms with Crippen molar-refractivity contribution in [1.82, 2.24) is 9.97 Å². The topological polar surface area (TPSA) is 96.4 Å². The van der Waals surface area contributed by atoms with Crippen molar-refractivity contribution in [3.8, 4) is 5.75 Å². The van der Waals surface area contributed by atoms with Gasteiger partial charge in [-0.3, -0.25) is 14.6 Å². The normalized spacial score (nSPS) is 11.0. The molecular formula is C16H18N4O3. The summed E-state index contributed by atoms with van der Waals surface area (Å²) in [6, 6.07) is 8.31. The first-order valence-electron chi connectivity index (χ1n) is 7.13. The quantitative estimate of drug-likeness (QED) is 0.382. The van der Waals surface area contributed by atoms with Crippen molar-refractivity contribution in [2.75, 3.05) is 5.43 Å². The predicted octanol–water partition coefficient (Wildman–Crippen LogP) is 2.26. The van der Waals surface area contributed by atoms with Gasteiger partial charge in [0.25, 0.3) is 5.56 Å². The van der Waals surface area contributed by atoms with E-state index in [0.717, 1.165) is 5.56 Å². The fourth-order valence-electron chi connectivity index (χ4n) is 1.78. The maximum absolute atomic E-state index is 11.5. The molecule has 23 heavy (non-hydrogen) atoms. The van der Waals surface area contributed by atoms with E-state index >= 15 is 0 Å². The lowest BCUT2D eigenvalue weighted by Crippen LogP contribution is -2.12. The van der Waals surface area contributed by atoms with Crippen molar-refractivity contribution in [3.63, 3.8) is 0 Å². The van der Waals surface area contributed by atoms with Gasteiger partial charge >= 0.3 is 5.97 Å². The lowest BCUT2D eigenvalue weighted by molar-refractivity contribution is -0.131. The first-order valence-corrected chi connectivity index (χ1v) is 7.13. The molecule has 0 saturated heterocycles. The minimum atomic E-state index is -0.367. The third-order valence-corrected chi connectivity index (χ3v) is 2.88. The van der Waals surface area contributed by atoms with Crippen LogP contribution < -0.4 is 15.7 Å². The van der Waals surface area contributed by atoms with Crippen molar-refractivity contribution in [3.05, 3.63) is 51.9 Å². The highest BCUT2D eigenvalue weighted by Crippen LogP contribution is 2.12. The number of hydrazone groups is 1. The highest BCUT2D eigenvalue weighted by Gasteiger charge is 2.04. The number of H-pyrrole nitrogens is 1. The van der Waals surface area contributed by atoms with Gasteiger partial charge in [-0.2, -0.15) is 5.10 Å². The molecule has 2 rings (SSSR count). The van der Waals surface area contributed by atoms with Crippen molar-refractivity contribution < 1.29 is 9.53 Å². The predicted molar refractivity (Wildman–Crippen MR) is 87.9 cm³/mol. The van der Waals surface area contributed by atoms with Crippen LogP contribution in [0.25, 0.3) is 0 Å². The Morgan fingerprint density at radius 2 is 2.04 bits per heavy atom. The van der Waals surface area contributed by atoms with Crippen molar-refractivity contribution in [2.45, 2.75) is 26.7 Å². The zero-order chi connectivity index (χ0) is 16.8.